The fraction of sp³-hybridized carbons (Fsp3) is 0.667. The third-order valence-electron chi connectivity index (χ3n) is 6.72. The number of methoxy groups -OCH3 is 1. The van der Waals surface area contributed by atoms with E-state index in [1.807, 2.05) is 17.0 Å². The predicted octanol–water partition coefficient (Wildman–Crippen LogP) is 2.87. The number of ether oxygens (including phenoxy) is 1. The number of benzene rings is 1. The topological polar surface area (TPSA) is 53.0 Å². The average molecular weight is 395 g/mol. The molecule has 2 aliphatic heterocycles. The van der Waals surface area contributed by atoms with Crippen molar-refractivity contribution in [2.24, 2.45) is 11.8 Å². The highest BCUT2D eigenvalue weighted by Crippen LogP contribution is 2.45. The first kappa shape index (κ1) is 20.4. The molecule has 6 heteroatoms. The van der Waals surface area contributed by atoms with Gasteiger partial charge in [0.05, 0.1) is 7.11 Å². The van der Waals surface area contributed by atoms with Crippen LogP contribution in [-0.4, -0.2) is 60.2 Å². The van der Waals surface area contributed by atoms with E-state index in [4.69, 9.17) is 4.74 Å². The van der Waals surface area contributed by atoms with Crippen LogP contribution in [0, 0.1) is 11.8 Å². The van der Waals surface area contributed by atoms with Crippen LogP contribution < -0.4 is 4.74 Å². The van der Waals surface area contributed by atoms with Crippen molar-refractivity contribution in [3.05, 3.63) is 29.8 Å². The summed E-state index contributed by atoms with van der Waals surface area (Å²) in [6, 6.07) is 8.63. The highest BCUT2D eigenvalue weighted by Gasteiger charge is 2.50. The Hall–Kier alpha value is -1.30. The Morgan fingerprint density at radius 3 is 2.41 bits per heavy atom. The summed E-state index contributed by atoms with van der Waals surface area (Å²) in [6.45, 7) is 2.54. The molecule has 1 aromatic rings. The summed E-state index contributed by atoms with van der Waals surface area (Å²) >= 11 is 0. The normalized spacial score (nSPS) is 29.9. The first-order valence-electron chi connectivity index (χ1n) is 9.88. The fourth-order valence-electron chi connectivity index (χ4n) is 5.37. The lowest BCUT2D eigenvalue weighted by Crippen LogP contribution is -2.50. The fourth-order valence-corrected chi connectivity index (χ4v) is 5.37. The second-order valence-corrected chi connectivity index (χ2v) is 8.38. The van der Waals surface area contributed by atoms with Gasteiger partial charge in [-0.25, -0.2) is 0 Å². The maximum atomic E-state index is 13.0. The Balaban J connectivity index is 0.00000210. The smallest absolute Gasteiger partial charge is 0.254 e. The summed E-state index contributed by atoms with van der Waals surface area (Å²) in [5.41, 5.74) is 0.171. The quantitative estimate of drug-likeness (QED) is 0.856. The molecule has 0 unspecified atom stereocenters. The number of aliphatic hydroxyl groups is 1. The maximum Gasteiger partial charge on any atom is 0.254 e. The van der Waals surface area contributed by atoms with Crippen molar-refractivity contribution in [3.8, 4) is 5.75 Å². The summed E-state index contributed by atoms with van der Waals surface area (Å²) in [5.74, 6) is 1.77. The van der Waals surface area contributed by atoms with Gasteiger partial charge in [-0.2, -0.15) is 0 Å². The number of nitrogens with zero attached hydrogens (tertiary/aromatic N) is 2. The number of rotatable bonds is 3. The first-order valence-corrected chi connectivity index (χ1v) is 9.88. The number of fused-ring (bicyclic) bond motifs is 1. The number of carbonyl (C=O) groups is 1. The number of hydrogen-bond acceptors (Lipinski definition) is 4. The van der Waals surface area contributed by atoms with Gasteiger partial charge in [-0.3, -0.25) is 9.69 Å². The zero-order valence-electron chi connectivity index (χ0n) is 16.3. The zero-order chi connectivity index (χ0) is 18.3. The number of hydrogen-bond donors (Lipinski definition) is 1. The summed E-state index contributed by atoms with van der Waals surface area (Å²) in [7, 11) is 3.86. The van der Waals surface area contributed by atoms with Crippen LogP contribution in [0.4, 0.5) is 0 Å². The van der Waals surface area contributed by atoms with E-state index >= 15 is 0 Å². The van der Waals surface area contributed by atoms with Gasteiger partial charge in [0.25, 0.3) is 5.91 Å². The van der Waals surface area contributed by atoms with Gasteiger partial charge in [-0.05, 0) is 43.5 Å². The molecule has 27 heavy (non-hydrogen) atoms. The molecule has 1 aromatic carbocycles. The molecule has 0 bridgehead atoms. The highest BCUT2D eigenvalue weighted by molar-refractivity contribution is 5.85. The molecule has 1 aliphatic carbocycles. The lowest BCUT2D eigenvalue weighted by atomic mass is 9.84. The Bertz CT molecular complexity index is 660. The molecule has 5 nitrogen and oxygen atoms in total. The van der Waals surface area contributed by atoms with Crippen LogP contribution in [-0.2, 0) is 4.79 Å². The van der Waals surface area contributed by atoms with Gasteiger partial charge in [0.15, 0.2) is 0 Å². The number of carbonyl (C=O) groups excluding carboxylic acids is 1. The molecule has 1 N–H and O–H groups in total. The van der Waals surface area contributed by atoms with Crippen LogP contribution in [0.5, 0.6) is 5.75 Å². The monoisotopic (exact) mass is 394 g/mol. The molecule has 0 aromatic heterocycles. The second kappa shape index (κ2) is 7.98. The van der Waals surface area contributed by atoms with E-state index in [1.54, 1.807) is 7.11 Å². The Kier molecular flexibility index (Phi) is 6.04. The van der Waals surface area contributed by atoms with E-state index in [1.165, 1.54) is 5.56 Å². The number of halogens is 1. The SMILES string of the molecule is COc1ccc([C@H]2[C@@H]3CN(C(=O)C4(O)CCCCC4)C[C@@H]3CN2C)cc1.Cl. The van der Waals surface area contributed by atoms with Gasteiger partial charge in [0.1, 0.15) is 11.4 Å². The largest absolute Gasteiger partial charge is 0.497 e. The van der Waals surface area contributed by atoms with Crippen molar-refractivity contribution in [3.63, 3.8) is 0 Å². The minimum atomic E-state index is -1.11. The van der Waals surface area contributed by atoms with Gasteiger partial charge in [0.2, 0.25) is 0 Å². The molecule has 150 valence electrons. The van der Waals surface area contributed by atoms with Crippen LogP contribution in [0.1, 0.15) is 43.7 Å². The second-order valence-electron chi connectivity index (χ2n) is 8.38. The van der Waals surface area contributed by atoms with Crippen molar-refractivity contribution >= 4 is 18.3 Å². The molecule has 3 fully saturated rings. The van der Waals surface area contributed by atoms with Crippen LogP contribution >= 0.6 is 12.4 Å². The summed E-state index contributed by atoms with van der Waals surface area (Å²) in [4.78, 5) is 17.4. The minimum absolute atomic E-state index is 0. The summed E-state index contributed by atoms with van der Waals surface area (Å²) < 4.78 is 5.28. The maximum absolute atomic E-state index is 13.0. The predicted molar refractivity (Wildman–Crippen MR) is 107 cm³/mol. The molecule has 0 spiro atoms. The third-order valence-corrected chi connectivity index (χ3v) is 6.72. The molecule has 3 aliphatic rings. The van der Waals surface area contributed by atoms with Crippen molar-refractivity contribution in [2.45, 2.75) is 43.7 Å². The molecular formula is C21H31ClN2O3. The highest BCUT2D eigenvalue weighted by atomic mass is 35.5. The standard InChI is InChI=1S/C21H30N2O3.ClH/c1-22-12-16-13-23(20(24)21(25)10-4-3-5-11-21)14-18(16)19(22)15-6-8-17(26-2)9-7-15;/h6-9,16,18-19,25H,3-5,10-14H2,1-2H3;1H/t16-,18+,19-;/m0./s1. The van der Waals surface area contributed by atoms with Crippen LogP contribution in [0.25, 0.3) is 0 Å². The molecule has 0 radical (unpaired) electrons. The van der Waals surface area contributed by atoms with Gasteiger partial charge < -0.3 is 14.7 Å². The minimum Gasteiger partial charge on any atom is -0.497 e. The Morgan fingerprint density at radius 1 is 1.11 bits per heavy atom. The molecule has 1 saturated carbocycles. The molecular weight excluding hydrogens is 364 g/mol. The first-order chi connectivity index (χ1) is 12.5. The van der Waals surface area contributed by atoms with Crippen molar-refractivity contribution in [1.82, 2.24) is 9.80 Å². The average Bonchev–Trinajstić information content (AvgIpc) is 3.18. The van der Waals surface area contributed by atoms with Crippen molar-refractivity contribution in [2.75, 3.05) is 33.8 Å². The number of amides is 1. The lowest BCUT2D eigenvalue weighted by molar-refractivity contribution is -0.154. The van der Waals surface area contributed by atoms with E-state index < -0.39 is 5.60 Å². The van der Waals surface area contributed by atoms with Crippen LogP contribution in [0.15, 0.2) is 24.3 Å². The molecule has 2 saturated heterocycles. The van der Waals surface area contributed by atoms with Gasteiger partial charge in [0, 0.05) is 31.6 Å². The van der Waals surface area contributed by atoms with Crippen LogP contribution in [0.3, 0.4) is 0 Å². The summed E-state index contributed by atoms with van der Waals surface area (Å²) in [5, 5.41) is 10.8. The lowest BCUT2D eigenvalue weighted by Gasteiger charge is -2.35. The van der Waals surface area contributed by atoms with Gasteiger partial charge in [-0.1, -0.05) is 31.4 Å². The third kappa shape index (κ3) is 3.69. The number of likely N-dealkylation sites (tertiary alicyclic amines) is 2. The van der Waals surface area contributed by atoms with Crippen molar-refractivity contribution in [1.29, 1.82) is 0 Å². The zero-order valence-corrected chi connectivity index (χ0v) is 17.1. The Labute approximate surface area is 168 Å². The van der Waals surface area contributed by atoms with E-state index in [9.17, 15) is 9.90 Å². The van der Waals surface area contributed by atoms with Crippen molar-refractivity contribution < 1.29 is 14.6 Å². The van der Waals surface area contributed by atoms with Gasteiger partial charge >= 0.3 is 0 Å². The molecule has 4 rings (SSSR count). The Morgan fingerprint density at radius 2 is 1.78 bits per heavy atom. The van der Waals surface area contributed by atoms with Gasteiger partial charge in [-0.15, -0.1) is 12.4 Å². The van der Waals surface area contributed by atoms with E-state index in [0.717, 1.165) is 44.6 Å². The van der Waals surface area contributed by atoms with E-state index in [-0.39, 0.29) is 18.3 Å². The molecule has 1 amide bonds. The van der Waals surface area contributed by atoms with E-state index in [0.29, 0.717) is 30.7 Å². The molecule has 3 atom stereocenters. The summed E-state index contributed by atoms with van der Waals surface area (Å²) in [6.07, 6.45) is 4.30. The van der Waals surface area contributed by atoms with E-state index in [2.05, 4.69) is 24.1 Å². The van der Waals surface area contributed by atoms with Crippen LogP contribution in [0.2, 0.25) is 0 Å². The molecule has 2 heterocycles.